The maximum atomic E-state index is 5.89. The monoisotopic (exact) mass is 455 g/mol. The van der Waals surface area contributed by atoms with E-state index >= 15 is 0 Å². The van der Waals surface area contributed by atoms with Crippen molar-refractivity contribution in [3.05, 3.63) is 54.1 Å². The lowest BCUT2D eigenvalue weighted by atomic mass is 10.0. The topological polar surface area (TPSA) is 68.9 Å². The zero-order valence-electron chi connectivity index (χ0n) is 14.9. The molecule has 0 bridgehead atoms. The number of nitrogens with one attached hydrogen (secondary N) is 1. The van der Waals surface area contributed by atoms with E-state index in [1.807, 2.05) is 36.4 Å². The fraction of sp³-hybridized carbons (Fsp3) is 0.316. The van der Waals surface area contributed by atoms with Gasteiger partial charge in [-0.25, -0.2) is 4.99 Å². The third-order valence-corrected chi connectivity index (χ3v) is 3.56. The lowest BCUT2D eigenvalue weighted by molar-refractivity contribution is 0.328. The number of aliphatic imine (C=N–C) groups is 1. The molecule has 25 heavy (non-hydrogen) atoms. The van der Waals surface area contributed by atoms with Crippen LogP contribution in [-0.4, -0.2) is 26.2 Å². The molecular weight excluding hydrogens is 429 g/mol. The Morgan fingerprint density at radius 2 is 1.80 bits per heavy atom. The quantitative estimate of drug-likeness (QED) is 0.284. The summed E-state index contributed by atoms with van der Waals surface area (Å²) < 4.78 is 10.9. The van der Waals surface area contributed by atoms with Crippen LogP contribution in [-0.2, 0) is 0 Å². The molecule has 0 amide bonds. The molecule has 0 saturated carbocycles. The number of methoxy groups -OCH3 is 1. The summed E-state index contributed by atoms with van der Waals surface area (Å²) in [6.45, 7) is 5.28. The van der Waals surface area contributed by atoms with E-state index in [1.54, 1.807) is 7.11 Å². The summed E-state index contributed by atoms with van der Waals surface area (Å²) in [5.41, 5.74) is 7.97. The summed E-state index contributed by atoms with van der Waals surface area (Å²) in [7, 11) is 1.62. The van der Waals surface area contributed by atoms with Crippen LogP contribution < -0.4 is 20.5 Å². The van der Waals surface area contributed by atoms with Gasteiger partial charge >= 0.3 is 0 Å². The van der Waals surface area contributed by atoms with Crippen LogP contribution in [0.2, 0.25) is 0 Å². The van der Waals surface area contributed by atoms with Gasteiger partial charge in [-0.15, -0.1) is 24.0 Å². The molecule has 0 radical (unpaired) electrons. The number of anilines is 1. The van der Waals surface area contributed by atoms with Gasteiger partial charge in [0, 0.05) is 0 Å². The summed E-state index contributed by atoms with van der Waals surface area (Å²) in [6, 6.07) is 15.7. The highest BCUT2D eigenvalue weighted by molar-refractivity contribution is 14.0. The second-order valence-electron chi connectivity index (χ2n) is 5.66. The van der Waals surface area contributed by atoms with Crippen LogP contribution in [0.4, 0.5) is 5.69 Å². The number of ether oxygens (including phenoxy) is 2. The number of halogens is 1. The van der Waals surface area contributed by atoms with Gasteiger partial charge in [-0.2, -0.15) is 0 Å². The molecule has 5 nitrogen and oxygen atoms in total. The van der Waals surface area contributed by atoms with Gasteiger partial charge in [0.25, 0.3) is 0 Å². The van der Waals surface area contributed by atoms with E-state index in [0.29, 0.717) is 25.0 Å². The molecule has 0 atom stereocenters. The Bertz CT molecular complexity index is 673. The predicted octanol–water partition coefficient (Wildman–Crippen LogP) is 4.24. The van der Waals surface area contributed by atoms with Gasteiger partial charge in [0.2, 0.25) is 0 Å². The Balaban J connectivity index is 0.00000312. The molecule has 136 valence electrons. The van der Waals surface area contributed by atoms with Crippen molar-refractivity contribution in [2.24, 2.45) is 10.7 Å². The number of benzene rings is 2. The van der Waals surface area contributed by atoms with Crippen molar-refractivity contribution in [1.82, 2.24) is 0 Å². The first-order chi connectivity index (χ1) is 11.6. The largest absolute Gasteiger partial charge is 0.495 e. The number of guanidine groups is 1. The molecule has 0 heterocycles. The minimum Gasteiger partial charge on any atom is -0.495 e. The molecule has 0 aliphatic rings. The molecule has 0 saturated heterocycles. The van der Waals surface area contributed by atoms with E-state index in [-0.39, 0.29) is 24.0 Å². The predicted molar refractivity (Wildman–Crippen MR) is 115 cm³/mol. The minimum absolute atomic E-state index is 0. The highest BCUT2D eigenvalue weighted by Gasteiger charge is 2.02. The van der Waals surface area contributed by atoms with Crippen LogP contribution in [0, 0.1) is 0 Å². The summed E-state index contributed by atoms with van der Waals surface area (Å²) in [4.78, 5) is 4.26. The zero-order valence-corrected chi connectivity index (χ0v) is 17.2. The molecule has 0 aliphatic carbocycles. The molecule has 0 spiro atoms. The maximum absolute atomic E-state index is 5.89. The minimum atomic E-state index is 0. The Kier molecular flexibility index (Phi) is 9.12. The Morgan fingerprint density at radius 1 is 1.12 bits per heavy atom. The number of nitrogens with two attached hydrogens (primary N) is 1. The molecule has 3 N–H and O–H groups in total. The van der Waals surface area contributed by atoms with Crippen LogP contribution in [0.5, 0.6) is 11.5 Å². The highest BCUT2D eigenvalue weighted by Crippen LogP contribution is 2.22. The van der Waals surface area contributed by atoms with E-state index in [0.717, 1.165) is 17.2 Å². The summed E-state index contributed by atoms with van der Waals surface area (Å²) in [5.74, 6) is 2.41. The molecular formula is C19H26IN3O2. The van der Waals surface area contributed by atoms with Crippen LogP contribution >= 0.6 is 24.0 Å². The highest BCUT2D eigenvalue weighted by atomic mass is 127. The van der Waals surface area contributed by atoms with Gasteiger partial charge < -0.3 is 20.5 Å². The van der Waals surface area contributed by atoms with Gasteiger partial charge in [0.05, 0.1) is 19.3 Å². The Morgan fingerprint density at radius 3 is 2.44 bits per heavy atom. The van der Waals surface area contributed by atoms with E-state index < -0.39 is 0 Å². The Labute approximate surface area is 166 Å². The first-order valence-electron chi connectivity index (χ1n) is 8.03. The first-order valence-corrected chi connectivity index (χ1v) is 8.03. The number of para-hydroxylation sites is 2. The van der Waals surface area contributed by atoms with Gasteiger partial charge in [0.1, 0.15) is 18.1 Å². The number of hydrogen-bond acceptors (Lipinski definition) is 3. The van der Waals surface area contributed by atoms with Crippen molar-refractivity contribution in [2.45, 2.75) is 19.8 Å². The molecule has 0 fully saturated rings. The van der Waals surface area contributed by atoms with E-state index in [9.17, 15) is 0 Å². The van der Waals surface area contributed by atoms with Crippen molar-refractivity contribution in [3.63, 3.8) is 0 Å². The van der Waals surface area contributed by atoms with Crippen LogP contribution in [0.25, 0.3) is 0 Å². The third-order valence-electron chi connectivity index (χ3n) is 3.56. The van der Waals surface area contributed by atoms with Gasteiger partial charge in [-0.3, -0.25) is 0 Å². The van der Waals surface area contributed by atoms with E-state index in [2.05, 4.69) is 36.3 Å². The van der Waals surface area contributed by atoms with Gasteiger partial charge in [0.15, 0.2) is 5.96 Å². The average Bonchev–Trinajstić information content (AvgIpc) is 2.59. The van der Waals surface area contributed by atoms with Crippen LogP contribution in [0.15, 0.2) is 53.5 Å². The Hall–Kier alpha value is -1.96. The van der Waals surface area contributed by atoms with Crippen molar-refractivity contribution in [2.75, 3.05) is 25.6 Å². The molecule has 2 rings (SSSR count). The maximum Gasteiger partial charge on any atom is 0.193 e. The zero-order chi connectivity index (χ0) is 17.4. The second-order valence-corrected chi connectivity index (χ2v) is 5.66. The normalized spacial score (nSPS) is 11.0. The third kappa shape index (κ3) is 6.81. The lowest BCUT2D eigenvalue weighted by Crippen LogP contribution is -2.23. The van der Waals surface area contributed by atoms with Crippen molar-refractivity contribution < 1.29 is 9.47 Å². The van der Waals surface area contributed by atoms with Crippen molar-refractivity contribution in [1.29, 1.82) is 0 Å². The summed E-state index contributed by atoms with van der Waals surface area (Å²) in [5, 5.41) is 3.03. The second kappa shape index (κ2) is 10.8. The molecule has 2 aromatic carbocycles. The average molecular weight is 455 g/mol. The van der Waals surface area contributed by atoms with Gasteiger partial charge in [-0.1, -0.05) is 38.1 Å². The first kappa shape index (κ1) is 21.1. The van der Waals surface area contributed by atoms with E-state index in [4.69, 9.17) is 15.2 Å². The van der Waals surface area contributed by atoms with Gasteiger partial charge in [-0.05, 0) is 35.7 Å². The molecule has 2 aromatic rings. The standard InChI is InChI=1S/C19H25N3O2.HI/c1-14(2)15-8-10-16(11-9-15)24-13-12-21-19(20)22-17-6-4-5-7-18(17)23-3;/h4-11,14H,12-13H2,1-3H3,(H3,20,21,22);1H. The molecule has 0 aromatic heterocycles. The lowest BCUT2D eigenvalue weighted by Gasteiger charge is -2.10. The fourth-order valence-electron chi connectivity index (χ4n) is 2.20. The smallest absolute Gasteiger partial charge is 0.193 e. The molecule has 6 heteroatoms. The van der Waals surface area contributed by atoms with Crippen molar-refractivity contribution in [3.8, 4) is 11.5 Å². The van der Waals surface area contributed by atoms with Crippen molar-refractivity contribution >= 4 is 35.6 Å². The molecule has 0 aliphatic heterocycles. The van der Waals surface area contributed by atoms with E-state index in [1.165, 1.54) is 5.56 Å². The number of rotatable bonds is 7. The number of nitrogens with zero attached hydrogens (tertiary/aromatic N) is 1. The fourth-order valence-corrected chi connectivity index (χ4v) is 2.20. The summed E-state index contributed by atoms with van der Waals surface area (Å²) >= 11 is 0. The molecule has 0 unspecified atom stereocenters. The van der Waals surface area contributed by atoms with Crippen LogP contribution in [0.3, 0.4) is 0 Å². The SMILES string of the molecule is COc1ccccc1NC(N)=NCCOc1ccc(C(C)C)cc1.I. The van der Waals surface area contributed by atoms with Crippen LogP contribution in [0.1, 0.15) is 25.3 Å². The number of hydrogen-bond donors (Lipinski definition) is 2. The summed E-state index contributed by atoms with van der Waals surface area (Å²) in [6.07, 6.45) is 0.